The number of amides is 1. The molecule has 0 aliphatic heterocycles. The highest BCUT2D eigenvalue weighted by atomic mass is 35.5. The Hall–Kier alpha value is -2.14. The zero-order valence-corrected chi connectivity index (χ0v) is 10.2. The van der Waals surface area contributed by atoms with E-state index in [2.05, 4.69) is 5.32 Å². The third-order valence-corrected chi connectivity index (χ3v) is 2.69. The Balaban J connectivity index is 2.28. The van der Waals surface area contributed by atoms with Crippen molar-refractivity contribution in [3.05, 3.63) is 58.6 Å². The minimum Gasteiger partial charge on any atom is -0.508 e. The number of nitrogens with one attached hydrogen (secondary N) is 1. The van der Waals surface area contributed by atoms with Gasteiger partial charge in [-0.15, -0.1) is 0 Å². The van der Waals surface area contributed by atoms with Gasteiger partial charge in [0.05, 0.1) is 16.3 Å². The normalized spacial score (nSPS) is 10.3. The molecule has 0 atom stereocenters. The molecule has 0 unspecified atom stereocenters. The summed E-state index contributed by atoms with van der Waals surface area (Å²) in [5.74, 6) is -2.83. The Bertz CT molecular complexity index is 647. The molecule has 0 bridgehead atoms. The van der Waals surface area contributed by atoms with Crippen molar-refractivity contribution in [3.63, 3.8) is 0 Å². The van der Waals surface area contributed by atoms with E-state index in [1.165, 1.54) is 18.2 Å². The van der Waals surface area contributed by atoms with Gasteiger partial charge in [0.1, 0.15) is 11.6 Å². The van der Waals surface area contributed by atoms with Gasteiger partial charge in [-0.25, -0.2) is 8.78 Å². The van der Waals surface area contributed by atoms with Crippen LogP contribution in [0, 0.1) is 11.6 Å². The topological polar surface area (TPSA) is 49.3 Å². The summed E-state index contributed by atoms with van der Waals surface area (Å²) in [5.41, 5.74) is -0.456. The van der Waals surface area contributed by atoms with Gasteiger partial charge in [0, 0.05) is 6.07 Å². The summed E-state index contributed by atoms with van der Waals surface area (Å²) < 4.78 is 27.0. The SMILES string of the molecule is O=C(Nc1cccc(Cl)c1F)c1ccc(O)cc1F. The van der Waals surface area contributed by atoms with Crippen molar-refractivity contribution >= 4 is 23.2 Å². The van der Waals surface area contributed by atoms with Crippen LogP contribution in [-0.4, -0.2) is 11.0 Å². The van der Waals surface area contributed by atoms with Crippen LogP contribution in [0.2, 0.25) is 5.02 Å². The number of phenolic OH excluding ortho intramolecular Hbond substituents is 1. The zero-order valence-electron chi connectivity index (χ0n) is 9.45. The molecule has 98 valence electrons. The van der Waals surface area contributed by atoms with Gasteiger partial charge in [-0.05, 0) is 24.3 Å². The first-order valence-corrected chi connectivity index (χ1v) is 5.60. The van der Waals surface area contributed by atoms with Gasteiger partial charge in [0.2, 0.25) is 0 Å². The van der Waals surface area contributed by atoms with E-state index in [9.17, 15) is 13.6 Å². The Morgan fingerprint density at radius 2 is 1.95 bits per heavy atom. The molecule has 0 fully saturated rings. The van der Waals surface area contributed by atoms with E-state index in [0.29, 0.717) is 0 Å². The number of hydrogen-bond donors (Lipinski definition) is 2. The van der Waals surface area contributed by atoms with Gasteiger partial charge in [0.15, 0.2) is 5.82 Å². The lowest BCUT2D eigenvalue weighted by Gasteiger charge is -2.08. The van der Waals surface area contributed by atoms with E-state index < -0.39 is 17.5 Å². The Morgan fingerprint density at radius 3 is 2.63 bits per heavy atom. The highest BCUT2D eigenvalue weighted by molar-refractivity contribution is 6.31. The maximum Gasteiger partial charge on any atom is 0.258 e. The van der Waals surface area contributed by atoms with Crippen LogP contribution >= 0.6 is 11.6 Å². The van der Waals surface area contributed by atoms with Crippen LogP contribution in [0.5, 0.6) is 5.75 Å². The molecule has 2 aromatic rings. The maximum absolute atomic E-state index is 13.6. The minimum absolute atomic E-state index is 0.148. The molecule has 2 aromatic carbocycles. The molecule has 0 radical (unpaired) electrons. The molecule has 2 N–H and O–H groups in total. The van der Waals surface area contributed by atoms with Crippen molar-refractivity contribution in [2.24, 2.45) is 0 Å². The molecule has 0 heterocycles. The Morgan fingerprint density at radius 1 is 1.21 bits per heavy atom. The predicted molar refractivity (Wildman–Crippen MR) is 67.4 cm³/mol. The Labute approximate surface area is 112 Å². The van der Waals surface area contributed by atoms with Crippen molar-refractivity contribution in [1.29, 1.82) is 0 Å². The van der Waals surface area contributed by atoms with Crippen LogP contribution in [0.15, 0.2) is 36.4 Å². The quantitative estimate of drug-likeness (QED) is 0.885. The van der Waals surface area contributed by atoms with Crippen molar-refractivity contribution in [3.8, 4) is 5.75 Å². The number of hydrogen-bond acceptors (Lipinski definition) is 2. The average Bonchev–Trinajstić information content (AvgIpc) is 2.34. The van der Waals surface area contributed by atoms with Crippen molar-refractivity contribution in [2.45, 2.75) is 0 Å². The summed E-state index contributed by atoms with van der Waals surface area (Å²) in [7, 11) is 0. The number of halogens is 3. The van der Waals surface area contributed by atoms with Crippen LogP contribution in [0.1, 0.15) is 10.4 Å². The van der Waals surface area contributed by atoms with Gasteiger partial charge in [0.25, 0.3) is 5.91 Å². The number of benzene rings is 2. The molecular formula is C13H8ClF2NO2. The molecule has 0 spiro atoms. The third-order valence-electron chi connectivity index (χ3n) is 2.40. The van der Waals surface area contributed by atoms with E-state index in [1.54, 1.807) is 0 Å². The molecule has 0 aromatic heterocycles. The molecule has 0 saturated carbocycles. The van der Waals surface area contributed by atoms with Crippen molar-refractivity contribution < 1.29 is 18.7 Å². The second kappa shape index (κ2) is 5.24. The first kappa shape index (κ1) is 13.3. The number of phenols is 1. The molecule has 2 rings (SSSR count). The number of carbonyl (C=O) groups is 1. The molecule has 3 nitrogen and oxygen atoms in total. The van der Waals surface area contributed by atoms with Crippen LogP contribution < -0.4 is 5.32 Å². The minimum atomic E-state index is -0.903. The molecular weight excluding hydrogens is 276 g/mol. The fourth-order valence-electron chi connectivity index (χ4n) is 1.48. The summed E-state index contributed by atoms with van der Waals surface area (Å²) in [6.45, 7) is 0. The maximum atomic E-state index is 13.6. The largest absolute Gasteiger partial charge is 0.508 e. The highest BCUT2D eigenvalue weighted by Gasteiger charge is 2.15. The fraction of sp³-hybridized carbons (Fsp3) is 0. The van der Waals surface area contributed by atoms with Gasteiger partial charge in [-0.3, -0.25) is 4.79 Å². The van der Waals surface area contributed by atoms with Crippen LogP contribution in [0.25, 0.3) is 0 Å². The number of rotatable bonds is 2. The lowest BCUT2D eigenvalue weighted by atomic mass is 10.2. The molecule has 1 amide bonds. The summed E-state index contributed by atoms with van der Waals surface area (Å²) >= 11 is 5.56. The first-order chi connectivity index (χ1) is 8.99. The molecule has 19 heavy (non-hydrogen) atoms. The molecule has 0 aliphatic rings. The zero-order chi connectivity index (χ0) is 14.0. The summed E-state index contributed by atoms with van der Waals surface area (Å²) in [6.07, 6.45) is 0. The number of anilines is 1. The Kier molecular flexibility index (Phi) is 3.66. The van der Waals surface area contributed by atoms with Gasteiger partial charge in [-0.2, -0.15) is 0 Å². The second-order valence-corrected chi connectivity index (χ2v) is 4.13. The van der Waals surface area contributed by atoms with Crippen LogP contribution in [0.3, 0.4) is 0 Å². The molecule has 0 saturated heterocycles. The highest BCUT2D eigenvalue weighted by Crippen LogP contribution is 2.23. The van der Waals surface area contributed by atoms with Crippen molar-refractivity contribution in [2.75, 3.05) is 5.32 Å². The summed E-state index contributed by atoms with van der Waals surface area (Å²) in [4.78, 5) is 11.8. The average molecular weight is 284 g/mol. The smallest absolute Gasteiger partial charge is 0.258 e. The van der Waals surface area contributed by atoms with Gasteiger partial charge < -0.3 is 10.4 Å². The molecule has 6 heteroatoms. The van der Waals surface area contributed by atoms with Gasteiger partial charge >= 0.3 is 0 Å². The van der Waals surface area contributed by atoms with Crippen LogP contribution in [0.4, 0.5) is 14.5 Å². The summed E-state index contributed by atoms with van der Waals surface area (Å²) in [6, 6.07) is 7.14. The van der Waals surface area contributed by atoms with E-state index in [1.807, 2.05) is 0 Å². The number of carbonyl (C=O) groups excluding carboxylic acids is 1. The van der Waals surface area contributed by atoms with E-state index in [0.717, 1.165) is 18.2 Å². The third kappa shape index (κ3) is 2.82. The van der Waals surface area contributed by atoms with Gasteiger partial charge in [-0.1, -0.05) is 17.7 Å². The van der Waals surface area contributed by atoms with E-state index in [-0.39, 0.29) is 22.0 Å². The predicted octanol–water partition coefficient (Wildman–Crippen LogP) is 3.58. The lowest BCUT2D eigenvalue weighted by Crippen LogP contribution is -2.14. The van der Waals surface area contributed by atoms with E-state index >= 15 is 0 Å². The lowest BCUT2D eigenvalue weighted by molar-refractivity contribution is 0.102. The van der Waals surface area contributed by atoms with Crippen molar-refractivity contribution in [1.82, 2.24) is 0 Å². The standard InChI is InChI=1S/C13H8ClF2NO2/c14-9-2-1-3-11(12(9)16)17-13(19)8-5-4-7(18)6-10(8)15/h1-6,18H,(H,17,19). The second-order valence-electron chi connectivity index (χ2n) is 3.72. The van der Waals surface area contributed by atoms with E-state index in [4.69, 9.17) is 16.7 Å². The molecule has 0 aliphatic carbocycles. The fourth-order valence-corrected chi connectivity index (χ4v) is 1.65. The monoisotopic (exact) mass is 283 g/mol. The number of aromatic hydroxyl groups is 1. The summed E-state index contributed by atoms with van der Waals surface area (Å²) in [5, 5.41) is 11.1. The van der Waals surface area contributed by atoms with Crippen LogP contribution in [-0.2, 0) is 0 Å². The first-order valence-electron chi connectivity index (χ1n) is 5.23.